The molecular formula is C22H29N3O2. The van der Waals surface area contributed by atoms with Crippen molar-refractivity contribution >= 4 is 17.5 Å². The third kappa shape index (κ3) is 5.66. The molecule has 2 aromatic carbocycles. The first-order chi connectivity index (χ1) is 12.8. The first-order valence-corrected chi connectivity index (χ1v) is 9.16. The van der Waals surface area contributed by atoms with Crippen LogP contribution < -0.4 is 10.2 Å². The van der Waals surface area contributed by atoms with E-state index in [2.05, 4.69) is 5.32 Å². The van der Waals surface area contributed by atoms with E-state index in [4.69, 9.17) is 0 Å². The van der Waals surface area contributed by atoms with Gasteiger partial charge in [-0.15, -0.1) is 0 Å². The van der Waals surface area contributed by atoms with Crippen molar-refractivity contribution in [1.29, 1.82) is 0 Å². The van der Waals surface area contributed by atoms with Gasteiger partial charge in [-0.25, -0.2) is 0 Å². The van der Waals surface area contributed by atoms with E-state index in [9.17, 15) is 9.59 Å². The third-order valence-corrected chi connectivity index (χ3v) is 4.44. The van der Waals surface area contributed by atoms with E-state index in [-0.39, 0.29) is 11.8 Å². The van der Waals surface area contributed by atoms with Crippen LogP contribution in [0.2, 0.25) is 0 Å². The normalized spacial score (nSPS) is 11.3. The molecule has 0 heterocycles. The third-order valence-electron chi connectivity index (χ3n) is 4.44. The second-order valence-corrected chi connectivity index (χ2v) is 7.40. The molecule has 1 N–H and O–H groups in total. The summed E-state index contributed by atoms with van der Waals surface area (Å²) in [7, 11) is 3.89. The van der Waals surface area contributed by atoms with Gasteiger partial charge in [0.25, 0.3) is 0 Å². The van der Waals surface area contributed by atoms with Crippen LogP contribution in [-0.4, -0.2) is 43.9 Å². The number of likely N-dealkylation sites (N-methyl/N-ethyl adjacent to an activating group) is 1. The maximum Gasteiger partial charge on any atom is 0.242 e. The maximum atomic E-state index is 13.4. The van der Waals surface area contributed by atoms with Gasteiger partial charge in [-0.1, -0.05) is 48.5 Å². The molecule has 144 valence electrons. The second-order valence-electron chi connectivity index (χ2n) is 7.40. The molecule has 0 fully saturated rings. The fourth-order valence-corrected chi connectivity index (χ4v) is 2.70. The summed E-state index contributed by atoms with van der Waals surface area (Å²) in [4.78, 5) is 29.7. The Bertz CT molecular complexity index is 743. The van der Waals surface area contributed by atoms with Crippen LogP contribution in [-0.2, 0) is 16.1 Å². The summed E-state index contributed by atoms with van der Waals surface area (Å²) in [6.45, 7) is 5.01. The molecule has 2 amide bonds. The minimum atomic E-state index is -1.17. The van der Waals surface area contributed by atoms with Crippen molar-refractivity contribution < 1.29 is 9.59 Å². The van der Waals surface area contributed by atoms with Crippen LogP contribution in [0.4, 0.5) is 5.69 Å². The second kappa shape index (κ2) is 9.33. The minimum Gasteiger partial charge on any atom is -0.354 e. The lowest BCUT2D eigenvalue weighted by atomic mass is 9.89. The van der Waals surface area contributed by atoms with Gasteiger partial charge in [0.2, 0.25) is 11.8 Å². The molecule has 0 atom stereocenters. The molecule has 0 saturated heterocycles. The highest BCUT2D eigenvalue weighted by Crippen LogP contribution is 2.26. The quantitative estimate of drug-likeness (QED) is 0.730. The van der Waals surface area contributed by atoms with E-state index in [1.165, 1.54) is 0 Å². The van der Waals surface area contributed by atoms with Crippen molar-refractivity contribution in [2.75, 3.05) is 32.1 Å². The summed E-state index contributed by atoms with van der Waals surface area (Å²) in [5.41, 5.74) is 0.621. The van der Waals surface area contributed by atoms with Gasteiger partial charge in [-0.2, -0.15) is 0 Å². The Morgan fingerprint density at radius 3 is 2.04 bits per heavy atom. The fraction of sp³-hybridized carbons (Fsp3) is 0.364. The van der Waals surface area contributed by atoms with Crippen molar-refractivity contribution in [2.24, 2.45) is 5.41 Å². The van der Waals surface area contributed by atoms with Gasteiger partial charge < -0.3 is 15.1 Å². The highest BCUT2D eigenvalue weighted by atomic mass is 16.2. The number of hydrogen-bond donors (Lipinski definition) is 1. The standard InChI is InChI=1S/C22H29N3O2/c1-22(2,20(26)23-15-16-24(3)4)21(27)25(19-13-9-6-10-14-19)17-18-11-7-5-8-12-18/h5-14H,15-17H2,1-4H3,(H,23,26). The monoisotopic (exact) mass is 367 g/mol. The molecule has 5 heteroatoms. The summed E-state index contributed by atoms with van der Waals surface area (Å²) in [5.74, 6) is -0.483. The summed E-state index contributed by atoms with van der Waals surface area (Å²) < 4.78 is 0. The van der Waals surface area contributed by atoms with E-state index < -0.39 is 5.41 Å². The van der Waals surface area contributed by atoms with Gasteiger partial charge in [-0.3, -0.25) is 9.59 Å². The molecule has 0 saturated carbocycles. The Morgan fingerprint density at radius 1 is 0.926 bits per heavy atom. The van der Waals surface area contributed by atoms with Crippen LogP contribution in [0, 0.1) is 5.41 Å². The molecule has 0 radical (unpaired) electrons. The van der Waals surface area contributed by atoms with Crippen LogP contribution >= 0.6 is 0 Å². The number of carbonyl (C=O) groups is 2. The zero-order chi connectivity index (χ0) is 19.9. The van der Waals surface area contributed by atoms with Crippen molar-refractivity contribution in [2.45, 2.75) is 20.4 Å². The molecular weight excluding hydrogens is 338 g/mol. The Hall–Kier alpha value is -2.66. The number of para-hydroxylation sites is 1. The lowest BCUT2D eigenvalue weighted by Gasteiger charge is -2.31. The number of amides is 2. The van der Waals surface area contributed by atoms with Gasteiger partial charge in [0.15, 0.2) is 0 Å². The topological polar surface area (TPSA) is 52.7 Å². The predicted octanol–water partition coefficient (Wildman–Crippen LogP) is 2.92. The summed E-state index contributed by atoms with van der Waals surface area (Å²) >= 11 is 0. The number of nitrogens with zero attached hydrogens (tertiary/aromatic N) is 2. The Morgan fingerprint density at radius 2 is 1.48 bits per heavy atom. The first kappa shape index (κ1) is 20.6. The summed E-state index contributed by atoms with van der Waals surface area (Å²) in [6, 6.07) is 19.3. The van der Waals surface area contributed by atoms with Crippen LogP contribution in [0.15, 0.2) is 60.7 Å². The highest BCUT2D eigenvalue weighted by Gasteiger charge is 2.39. The summed E-state index contributed by atoms with van der Waals surface area (Å²) in [5, 5.41) is 2.88. The van der Waals surface area contributed by atoms with Crippen molar-refractivity contribution in [1.82, 2.24) is 10.2 Å². The average Bonchev–Trinajstić information content (AvgIpc) is 2.66. The molecule has 0 spiro atoms. The Balaban J connectivity index is 2.23. The van der Waals surface area contributed by atoms with Gasteiger partial charge in [0.1, 0.15) is 5.41 Å². The zero-order valence-corrected chi connectivity index (χ0v) is 16.6. The SMILES string of the molecule is CN(C)CCNC(=O)C(C)(C)C(=O)N(Cc1ccccc1)c1ccccc1. The Labute approximate surface area is 162 Å². The average molecular weight is 367 g/mol. The molecule has 2 aromatic rings. The smallest absolute Gasteiger partial charge is 0.242 e. The molecule has 0 unspecified atom stereocenters. The lowest BCUT2D eigenvalue weighted by molar-refractivity contribution is -0.139. The van der Waals surface area contributed by atoms with Crippen LogP contribution in [0.3, 0.4) is 0 Å². The van der Waals surface area contributed by atoms with Crippen molar-refractivity contribution in [3.63, 3.8) is 0 Å². The fourth-order valence-electron chi connectivity index (χ4n) is 2.70. The van der Waals surface area contributed by atoms with E-state index in [1.54, 1.807) is 18.7 Å². The molecule has 0 aliphatic rings. The number of benzene rings is 2. The number of rotatable bonds is 8. The molecule has 2 rings (SSSR count). The number of carbonyl (C=O) groups excluding carboxylic acids is 2. The van der Waals surface area contributed by atoms with Gasteiger partial charge in [-0.05, 0) is 45.6 Å². The van der Waals surface area contributed by atoms with Gasteiger partial charge in [0.05, 0.1) is 6.54 Å². The largest absolute Gasteiger partial charge is 0.354 e. The van der Waals surface area contributed by atoms with E-state index in [1.807, 2.05) is 79.7 Å². The van der Waals surface area contributed by atoms with Crippen molar-refractivity contribution in [3.05, 3.63) is 66.2 Å². The minimum absolute atomic E-state index is 0.222. The molecule has 5 nitrogen and oxygen atoms in total. The first-order valence-electron chi connectivity index (χ1n) is 9.16. The summed E-state index contributed by atoms with van der Waals surface area (Å²) in [6.07, 6.45) is 0. The molecule has 0 aliphatic carbocycles. The van der Waals surface area contributed by atoms with E-state index >= 15 is 0 Å². The van der Waals surface area contributed by atoms with Gasteiger partial charge >= 0.3 is 0 Å². The molecule has 0 bridgehead atoms. The number of anilines is 1. The maximum absolute atomic E-state index is 13.4. The van der Waals surface area contributed by atoms with Crippen LogP contribution in [0.1, 0.15) is 19.4 Å². The van der Waals surface area contributed by atoms with Crippen molar-refractivity contribution in [3.8, 4) is 0 Å². The van der Waals surface area contributed by atoms with Gasteiger partial charge in [0, 0.05) is 18.8 Å². The van der Waals surface area contributed by atoms with E-state index in [0.717, 1.165) is 17.8 Å². The number of hydrogen-bond acceptors (Lipinski definition) is 3. The van der Waals surface area contributed by atoms with E-state index in [0.29, 0.717) is 13.1 Å². The Kier molecular flexibility index (Phi) is 7.13. The highest BCUT2D eigenvalue weighted by molar-refractivity contribution is 6.10. The predicted molar refractivity (Wildman–Crippen MR) is 109 cm³/mol. The molecule has 0 aliphatic heterocycles. The van der Waals surface area contributed by atoms with Crippen LogP contribution in [0.25, 0.3) is 0 Å². The van der Waals surface area contributed by atoms with Crippen LogP contribution in [0.5, 0.6) is 0 Å². The molecule has 27 heavy (non-hydrogen) atoms. The molecule has 0 aromatic heterocycles. The lowest BCUT2D eigenvalue weighted by Crippen LogP contribution is -2.50. The number of nitrogens with one attached hydrogen (secondary N) is 1. The zero-order valence-electron chi connectivity index (χ0n) is 16.6.